The van der Waals surface area contributed by atoms with Crippen LogP contribution in [0.25, 0.3) is 0 Å². The van der Waals surface area contributed by atoms with Crippen molar-refractivity contribution in [1.82, 2.24) is 5.32 Å². The van der Waals surface area contributed by atoms with Crippen molar-refractivity contribution in [3.63, 3.8) is 0 Å². The van der Waals surface area contributed by atoms with E-state index < -0.39 is 6.03 Å². The minimum absolute atomic E-state index is 0.315. The zero-order valence-corrected chi connectivity index (χ0v) is 7.64. The number of nitrogens with two attached hydrogens (primary N) is 1. The lowest BCUT2D eigenvalue weighted by Crippen LogP contribution is -2.30. The van der Waals surface area contributed by atoms with Gasteiger partial charge < -0.3 is 15.5 Å². The van der Waals surface area contributed by atoms with Gasteiger partial charge in [0.05, 0.1) is 0 Å². The lowest BCUT2D eigenvalue weighted by Gasteiger charge is -1.99. The van der Waals surface area contributed by atoms with Crippen LogP contribution in [0.3, 0.4) is 0 Å². The standard InChI is InChI=1S/C5H14N2O2Si/c1-9-10-4-2-3-7-5(6)8/h2-4,10H2,1H3,(H3,6,7,8). The van der Waals surface area contributed by atoms with Crippen LogP contribution in [0, 0.1) is 0 Å². The topological polar surface area (TPSA) is 64.3 Å². The summed E-state index contributed by atoms with van der Waals surface area (Å²) in [5, 5.41) is 2.51. The quantitative estimate of drug-likeness (QED) is 0.410. The van der Waals surface area contributed by atoms with E-state index in [0.29, 0.717) is 6.54 Å². The lowest BCUT2D eigenvalue weighted by atomic mass is 10.5. The molecule has 0 spiro atoms. The molecule has 0 aliphatic carbocycles. The third kappa shape index (κ3) is 7.45. The predicted molar refractivity (Wildman–Crippen MR) is 42.6 cm³/mol. The van der Waals surface area contributed by atoms with E-state index in [1.54, 1.807) is 7.11 Å². The summed E-state index contributed by atoms with van der Waals surface area (Å²) in [4.78, 5) is 10.1. The van der Waals surface area contributed by atoms with Crippen molar-refractivity contribution in [2.75, 3.05) is 13.7 Å². The van der Waals surface area contributed by atoms with Crippen LogP contribution in [-0.4, -0.2) is 29.4 Å². The number of primary amides is 1. The highest BCUT2D eigenvalue weighted by atomic mass is 28.2. The van der Waals surface area contributed by atoms with Crippen LogP contribution in [0.2, 0.25) is 6.04 Å². The Hall–Kier alpha value is -0.553. The molecule has 0 heterocycles. The number of amides is 2. The van der Waals surface area contributed by atoms with Crippen molar-refractivity contribution < 1.29 is 9.22 Å². The summed E-state index contributed by atoms with van der Waals surface area (Å²) in [5.74, 6) is 0. The van der Waals surface area contributed by atoms with Crippen LogP contribution in [-0.2, 0) is 4.43 Å². The summed E-state index contributed by atoms with van der Waals surface area (Å²) < 4.78 is 4.94. The molecule has 2 amide bonds. The normalized spacial score (nSPS) is 10.5. The predicted octanol–water partition coefficient (Wildman–Crippen LogP) is -0.807. The molecule has 3 N–H and O–H groups in total. The molecule has 0 atom stereocenters. The highest BCUT2D eigenvalue weighted by molar-refractivity contribution is 6.26. The summed E-state index contributed by atoms with van der Waals surface area (Å²) in [6, 6.07) is 0.649. The fourth-order valence-corrected chi connectivity index (χ4v) is 1.33. The van der Waals surface area contributed by atoms with E-state index >= 15 is 0 Å². The fourth-order valence-electron chi connectivity index (χ4n) is 0.583. The Kier molecular flexibility index (Phi) is 6.20. The smallest absolute Gasteiger partial charge is 0.312 e. The summed E-state index contributed by atoms with van der Waals surface area (Å²) in [6.45, 7) is 0.672. The largest absolute Gasteiger partial charge is 0.427 e. The molecule has 10 heavy (non-hydrogen) atoms. The van der Waals surface area contributed by atoms with E-state index in [0.717, 1.165) is 12.5 Å². The van der Waals surface area contributed by atoms with E-state index in [2.05, 4.69) is 5.32 Å². The number of carbonyl (C=O) groups excluding carboxylic acids is 1. The van der Waals surface area contributed by atoms with Crippen molar-refractivity contribution in [2.24, 2.45) is 5.73 Å². The second-order valence-electron chi connectivity index (χ2n) is 1.99. The molecule has 0 aromatic rings. The van der Waals surface area contributed by atoms with E-state index in [9.17, 15) is 4.79 Å². The molecule has 0 aliphatic rings. The van der Waals surface area contributed by atoms with E-state index in [1.165, 1.54) is 0 Å². The zero-order valence-electron chi connectivity index (χ0n) is 6.22. The maximum atomic E-state index is 10.1. The SMILES string of the molecule is CO[SiH2]CCCNC(N)=O. The number of urea groups is 1. The Morgan fingerprint density at radius 2 is 2.50 bits per heavy atom. The highest BCUT2D eigenvalue weighted by Gasteiger charge is 1.90. The van der Waals surface area contributed by atoms with Gasteiger partial charge in [-0.3, -0.25) is 0 Å². The second kappa shape index (κ2) is 6.57. The molecule has 4 nitrogen and oxygen atoms in total. The first-order valence-corrected chi connectivity index (χ1v) is 4.87. The number of hydrogen-bond donors (Lipinski definition) is 2. The van der Waals surface area contributed by atoms with E-state index in [4.69, 9.17) is 10.2 Å². The average molecular weight is 162 g/mol. The number of nitrogens with one attached hydrogen (secondary N) is 1. The zero-order chi connectivity index (χ0) is 7.82. The minimum atomic E-state index is -0.445. The van der Waals surface area contributed by atoms with Crippen LogP contribution in [0.4, 0.5) is 4.79 Å². The van der Waals surface area contributed by atoms with Crippen LogP contribution in [0.1, 0.15) is 6.42 Å². The second-order valence-corrected chi connectivity index (χ2v) is 3.68. The molecule has 0 unspecified atom stereocenters. The molecule has 0 rings (SSSR count). The molecule has 0 aromatic heterocycles. The van der Waals surface area contributed by atoms with E-state index in [-0.39, 0.29) is 9.76 Å². The Labute approximate surface area is 63.1 Å². The Balaban J connectivity index is 2.84. The molecular formula is C5H14N2O2Si. The summed E-state index contributed by atoms with van der Waals surface area (Å²) in [6.07, 6.45) is 0.975. The third-order valence-electron chi connectivity index (χ3n) is 1.07. The van der Waals surface area contributed by atoms with Gasteiger partial charge in [-0.05, 0) is 12.5 Å². The van der Waals surface area contributed by atoms with Crippen molar-refractivity contribution in [2.45, 2.75) is 12.5 Å². The maximum absolute atomic E-state index is 10.1. The van der Waals surface area contributed by atoms with Gasteiger partial charge in [0, 0.05) is 13.7 Å². The van der Waals surface area contributed by atoms with Gasteiger partial charge in [-0.15, -0.1) is 0 Å². The number of carbonyl (C=O) groups is 1. The maximum Gasteiger partial charge on any atom is 0.312 e. The fraction of sp³-hybridized carbons (Fsp3) is 0.800. The van der Waals surface area contributed by atoms with Crippen molar-refractivity contribution >= 4 is 15.8 Å². The average Bonchev–Trinajstić information content (AvgIpc) is 1.87. The summed E-state index contributed by atoms with van der Waals surface area (Å²) in [5.41, 5.74) is 4.84. The molecule has 0 bridgehead atoms. The highest BCUT2D eigenvalue weighted by Crippen LogP contribution is 1.85. The molecule has 0 saturated carbocycles. The first-order valence-electron chi connectivity index (χ1n) is 3.29. The molecule has 0 fully saturated rings. The van der Waals surface area contributed by atoms with Crippen molar-refractivity contribution in [1.29, 1.82) is 0 Å². The van der Waals surface area contributed by atoms with Gasteiger partial charge in [0.15, 0.2) is 9.76 Å². The molecule has 0 radical (unpaired) electrons. The van der Waals surface area contributed by atoms with Crippen LogP contribution >= 0.6 is 0 Å². The van der Waals surface area contributed by atoms with Gasteiger partial charge in [-0.1, -0.05) is 0 Å². The molecule has 0 saturated heterocycles. The van der Waals surface area contributed by atoms with Gasteiger partial charge in [0.2, 0.25) is 0 Å². The minimum Gasteiger partial charge on any atom is -0.427 e. The monoisotopic (exact) mass is 162 g/mol. The summed E-state index contributed by atoms with van der Waals surface area (Å²) in [7, 11) is 1.40. The number of rotatable bonds is 5. The first-order chi connectivity index (χ1) is 4.77. The van der Waals surface area contributed by atoms with Gasteiger partial charge in [-0.2, -0.15) is 0 Å². The van der Waals surface area contributed by atoms with E-state index in [1.807, 2.05) is 0 Å². The molecule has 0 aromatic carbocycles. The van der Waals surface area contributed by atoms with Crippen LogP contribution in [0.15, 0.2) is 0 Å². The molecule has 5 heteroatoms. The van der Waals surface area contributed by atoms with Gasteiger partial charge in [0.1, 0.15) is 0 Å². The van der Waals surface area contributed by atoms with Gasteiger partial charge in [-0.25, -0.2) is 4.79 Å². The third-order valence-corrected chi connectivity index (χ3v) is 2.27. The molecule has 60 valence electrons. The Morgan fingerprint density at radius 1 is 1.80 bits per heavy atom. The van der Waals surface area contributed by atoms with Crippen molar-refractivity contribution in [3.05, 3.63) is 0 Å². The molecule has 0 aliphatic heterocycles. The Morgan fingerprint density at radius 3 is 3.00 bits per heavy atom. The molecular weight excluding hydrogens is 148 g/mol. The first kappa shape index (κ1) is 9.45. The lowest BCUT2D eigenvalue weighted by molar-refractivity contribution is 0.249. The van der Waals surface area contributed by atoms with Crippen molar-refractivity contribution in [3.8, 4) is 0 Å². The summed E-state index contributed by atoms with van der Waals surface area (Å²) >= 11 is 0. The van der Waals surface area contributed by atoms with Crippen LogP contribution in [0.5, 0.6) is 0 Å². The van der Waals surface area contributed by atoms with Gasteiger partial charge in [0.25, 0.3) is 0 Å². The Bertz CT molecular complexity index is 99.6. The van der Waals surface area contributed by atoms with Gasteiger partial charge >= 0.3 is 6.03 Å². The number of hydrogen-bond acceptors (Lipinski definition) is 2. The van der Waals surface area contributed by atoms with Crippen LogP contribution < -0.4 is 11.1 Å².